The molecule has 1 nitrogen and oxygen atoms in total. The highest BCUT2D eigenvalue weighted by Crippen LogP contribution is 2.43. The van der Waals surface area contributed by atoms with Crippen LogP contribution in [0, 0.1) is 6.92 Å². The minimum atomic E-state index is 0.0516. The van der Waals surface area contributed by atoms with Gasteiger partial charge in [0.2, 0.25) is 0 Å². The Morgan fingerprint density at radius 1 is 0.758 bits per heavy atom. The Kier molecular flexibility index (Phi) is 4.69. The summed E-state index contributed by atoms with van der Waals surface area (Å²) in [4.78, 5) is 7.55. The van der Waals surface area contributed by atoms with E-state index in [4.69, 9.17) is 4.98 Å². The van der Waals surface area contributed by atoms with Crippen molar-refractivity contribution in [1.29, 1.82) is 0 Å². The molecule has 3 aromatic carbocycles. The molecule has 0 amide bonds. The third-order valence-corrected chi connectivity index (χ3v) is 8.55. The minimum absolute atomic E-state index is 0.0516. The molecular weight excluding hydrogens is 438 g/mol. The number of pyridine rings is 1. The topological polar surface area (TPSA) is 12.9 Å². The van der Waals surface area contributed by atoms with Gasteiger partial charge in [0.15, 0.2) is 0 Å². The van der Waals surface area contributed by atoms with Crippen LogP contribution in [0.3, 0.4) is 0 Å². The zero-order valence-electron chi connectivity index (χ0n) is 19.3. The van der Waals surface area contributed by atoms with E-state index in [1.165, 1.54) is 57.4 Å². The van der Waals surface area contributed by atoms with Crippen molar-refractivity contribution in [3.8, 4) is 21.7 Å². The quantitative estimate of drug-likeness (QED) is 0.249. The summed E-state index contributed by atoms with van der Waals surface area (Å²) >= 11 is 3.74. The molecule has 162 valence electrons. The van der Waals surface area contributed by atoms with Gasteiger partial charge in [-0.25, -0.2) is 0 Å². The van der Waals surface area contributed by atoms with Crippen LogP contribution in [0.4, 0.5) is 0 Å². The number of nitrogens with zero attached hydrogens (tertiary/aromatic N) is 1. The maximum absolute atomic E-state index is 4.89. The van der Waals surface area contributed by atoms with Crippen molar-refractivity contribution in [2.45, 2.75) is 33.1 Å². The lowest BCUT2D eigenvalue weighted by molar-refractivity contribution is 0.596. The van der Waals surface area contributed by atoms with Gasteiger partial charge in [-0.15, -0.1) is 22.7 Å². The lowest BCUT2D eigenvalue weighted by atomic mass is 9.82. The fourth-order valence-electron chi connectivity index (χ4n) is 4.78. The fraction of sp³-hybridized carbons (Fsp3) is 0.167. The average Bonchev–Trinajstić information content (AvgIpc) is 3.39. The molecule has 3 heteroatoms. The molecule has 6 aromatic rings. The van der Waals surface area contributed by atoms with E-state index in [0.717, 1.165) is 5.69 Å². The van der Waals surface area contributed by atoms with Gasteiger partial charge < -0.3 is 0 Å². The number of hydrogen-bond acceptors (Lipinski definition) is 3. The van der Waals surface area contributed by atoms with Crippen LogP contribution < -0.4 is 0 Å². The van der Waals surface area contributed by atoms with Crippen LogP contribution in [-0.2, 0) is 5.41 Å². The van der Waals surface area contributed by atoms with Crippen LogP contribution in [0.1, 0.15) is 31.2 Å². The Balaban J connectivity index is 1.59. The Bertz CT molecular complexity index is 1660. The first kappa shape index (κ1) is 20.6. The maximum atomic E-state index is 4.89. The highest BCUT2D eigenvalue weighted by Gasteiger charge is 2.20. The fourth-order valence-corrected chi connectivity index (χ4v) is 6.97. The molecule has 3 aromatic heterocycles. The number of thiophene rings is 2. The molecule has 0 aliphatic rings. The molecule has 0 bridgehead atoms. The molecule has 0 atom stereocenters. The molecule has 3 heterocycles. The van der Waals surface area contributed by atoms with Gasteiger partial charge in [0.1, 0.15) is 0 Å². The molecule has 6 rings (SSSR count). The van der Waals surface area contributed by atoms with Crippen molar-refractivity contribution in [3.05, 3.63) is 89.4 Å². The van der Waals surface area contributed by atoms with Gasteiger partial charge in [0.25, 0.3) is 0 Å². The first-order chi connectivity index (χ1) is 15.9. The number of fused-ring (bicyclic) bond motifs is 3. The van der Waals surface area contributed by atoms with Crippen molar-refractivity contribution >= 4 is 53.6 Å². The van der Waals surface area contributed by atoms with E-state index in [2.05, 4.69) is 100 Å². The van der Waals surface area contributed by atoms with E-state index in [9.17, 15) is 0 Å². The Morgan fingerprint density at radius 3 is 2.42 bits per heavy atom. The van der Waals surface area contributed by atoms with Crippen LogP contribution in [0.25, 0.3) is 52.6 Å². The zero-order chi connectivity index (χ0) is 22.7. The van der Waals surface area contributed by atoms with E-state index in [1.54, 1.807) is 0 Å². The van der Waals surface area contributed by atoms with Gasteiger partial charge in [-0.05, 0) is 64.4 Å². The van der Waals surface area contributed by atoms with Gasteiger partial charge in [-0.1, -0.05) is 63.2 Å². The Labute approximate surface area is 202 Å². The van der Waals surface area contributed by atoms with E-state index in [1.807, 2.05) is 28.9 Å². The average molecular weight is 464 g/mol. The lowest BCUT2D eigenvalue weighted by Crippen LogP contribution is -2.12. The summed E-state index contributed by atoms with van der Waals surface area (Å²) in [7, 11) is 0. The number of aromatic nitrogens is 1. The van der Waals surface area contributed by atoms with Crippen LogP contribution in [0.15, 0.2) is 79.0 Å². The number of benzene rings is 3. The summed E-state index contributed by atoms with van der Waals surface area (Å²) in [6.45, 7) is 9.06. The molecule has 0 aliphatic carbocycles. The smallest absolute Gasteiger partial charge is 0.0789 e. The summed E-state index contributed by atoms with van der Waals surface area (Å²) in [5, 5.41) is 5.16. The second-order valence-corrected chi connectivity index (χ2v) is 12.1. The van der Waals surface area contributed by atoms with Crippen LogP contribution in [0.2, 0.25) is 0 Å². The first-order valence-electron chi connectivity index (χ1n) is 11.3. The van der Waals surface area contributed by atoms with Gasteiger partial charge in [-0.3, -0.25) is 4.98 Å². The second kappa shape index (κ2) is 7.51. The molecule has 0 fully saturated rings. The third-order valence-electron chi connectivity index (χ3n) is 6.32. The summed E-state index contributed by atoms with van der Waals surface area (Å²) in [5.74, 6) is 0. The summed E-state index contributed by atoms with van der Waals surface area (Å²) in [6.07, 6.45) is 1.96. The summed E-state index contributed by atoms with van der Waals surface area (Å²) in [5.41, 5.74) is 5.01. The van der Waals surface area contributed by atoms with Crippen LogP contribution >= 0.6 is 22.7 Å². The van der Waals surface area contributed by atoms with E-state index < -0.39 is 0 Å². The van der Waals surface area contributed by atoms with E-state index in [0.29, 0.717) is 0 Å². The molecule has 0 spiro atoms. The maximum Gasteiger partial charge on any atom is 0.0789 e. The largest absolute Gasteiger partial charge is 0.256 e. The molecule has 0 saturated heterocycles. The molecule has 0 aliphatic heterocycles. The zero-order valence-corrected chi connectivity index (χ0v) is 20.9. The highest BCUT2D eigenvalue weighted by molar-refractivity contribution is 7.23. The van der Waals surface area contributed by atoms with Crippen LogP contribution in [-0.4, -0.2) is 4.98 Å². The molecule has 0 radical (unpaired) electrons. The monoisotopic (exact) mass is 463 g/mol. The minimum Gasteiger partial charge on any atom is -0.256 e. The lowest BCUT2D eigenvalue weighted by Gasteiger charge is -2.22. The normalized spacial score (nSPS) is 12.2. The first-order valence-corrected chi connectivity index (χ1v) is 12.9. The van der Waals surface area contributed by atoms with E-state index >= 15 is 0 Å². The SMILES string of the molecule is Cc1cc2cccc(-c3cc4c(-c5cc(C(C)(C)C)c6ccccc6c5)nccc4s3)c2s1. The highest BCUT2D eigenvalue weighted by atomic mass is 32.1. The van der Waals surface area contributed by atoms with Crippen molar-refractivity contribution in [3.63, 3.8) is 0 Å². The Morgan fingerprint density at radius 2 is 1.58 bits per heavy atom. The molecule has 0 saturated carbocycles. The van der Waals surface area contributed by atoms with Crippen molar-refractivity contribution in [2.24, 2.45) is 0 Å². The van der Waals surface area contributed by atoms with Crippen molar-refractivity contribution in [2.75, 3.05) is 0 Å². The number of hydrogen-bond donors (Lipinski definition) is 0. The Hall–Kier alpha value is -3.01. The number of aryl methyl sites for hydroxylation is 1. The molecule has 0 N–H and O–H groups in total. The number of rotatable bonds is 2. The van der Waals surface area contributed by atoms with E-state index in [-0.39, 0.29) is 5.41 Å². The molecule has 33 heavy (non-hydrogen) atoms. The van der Waals surface area contributed by atoms with Crippen LogP contribution in [0.5, 0.6) is 0 Å². The predicted molar refractivity (Wildman–Crippen MR) is 147 cm³/mol. The standard InChI is InChI=1S/C30H25NS2/c1-18-14-20-9-7-11-23(29(20)32-18)27-17-24-26(33-27)12-13-31-28(24)21-15-19-8-5-6-10-22(19)25(16-21)30(2,3)4/h5-17H,1-4H3. The molecular formula is C30H25NS2. The van der Waals surface area contributed by atoms with Gasteiger partial charge in [0, 0.05) is 41.9 Å². The predicted octanol–water partition coefficient (Wildman–Crippen LogP) is 9.60. The van der Waals surface area contributed by atoms with Gasteiger partial charge in [0.05, 0.1) is 5.69 Å². The second-order valence-electron chi connectivity index (χ2n) is 9.76. The van der Waals surface area contributed by atoms with Gasteiger partial charge >= 0.3 is 0 Å². The summed E-state index contributed by atoms with van der Waals surface area (Å²) in [6, 6.07) is 26.8. The van der Waals surface area contributed by atoms with Gasteiger partial charge in [-0.2, -0.15) is 0 Å². The third kappa shape index (κ3) is 3.47. The summed E-state index contributed by atoms with van der Waals surface area (Å²) < 4.78 is 2.66. The van der Waals surface area contributed by atoms with Crippen molar-refractivity contribution in [1.82, 2.24) is 4.98 Å². The molecule has 0 unspecified atom stereocenters. The van der Waals surface area contributed by atoms with Crippen molar-refractivity contribution < 1.29 is 0 Å².